The van der Waals surface area contributed by atoms with Gasteiger partial charge in [0.25, 0.3) is 0 Å². The van der Waals surface area contributed by atoms with Gasteiger partial charge in [-0.1, -0.05) is 6.92 Å². The van der Waals surface area contributed by atoms with Gasteiger partial charge in [-0.05, 0) is 20.3 Å². The van der Waals surface area contributed by atoms with E-state index in [9.17, 15) is 0 Å². The van der Waals surface area contributed by atoms with Crippen molar-refractivity contribution >= 4 is 5.95 Å². The van der Waals surface area contributed by atoms with Crippen molar-refractivity contribution in [1.82, 2.24) is 19.8 Å². The second-order valence-corrected chi connectivity index (χ2v) is 6.41. The van der Waals surface area contributed by atoms with Crippen molar-refractivity contribution in [3.8, 4) is 0 Å². The van der Waals surface area contributed by atoms with E-state index in [2.05, 4.69) is 40.5 Å². The molecule has 5 nitrogen and oxygen atoms in total. The van der Waals surface area contributed by atoms with Gasteiger partial charge < -0.3 is 4.90 Å². The molecular weight excluding hydrogens is 262 g/mol. The molecule has 0 amide bonds. The van der Waals surface area contributed by atoms with Crippen molar-refractivity contribution < 1.29 is 0 Å². The van der Waals surface area contributed by atoms with Gasteiger partial charge in [-0.2, -0.15) is 0 Å². The maximum Gasteiger partial charge on any atom is 0.224 e. The standard InChI is InChI=1S/C16H29N5/c1-6-15-12-20(7-8-21(15)13(2)3)11-14-9-17-16(18-10-14)19(4)5/h9-10,13,15H,6-8,11-12H2,1-5H3. The number of aromatic nitrogens is 2. The first kappa shape index (κ1) is 16.2. The molecule has 1 aromatic heterocycles. The van der Waals surface area contributed by atoms with Crippen LogP contribution in [0.15, 0.2) is 12.4 Å². The molecule has 0 radical (unpaired) electrons. The average molecular weight is 291 g/mol. The number of anilines is 1. The minimum absolute atomic E-state index is 0.639. The molecular formula is C16H29N5. The van der Waals surface area contributed by atoms with Crippen molar-refractivity contribution in [3.63, 3.8) is 0 Å². The Morgan fingerprint density at radius 1 is 1.24 bits per heavy atom. The summed E-state index contributed by atoms with van der Waals surface area (Å²) in [6.45, 7) is 11.3. The highest BCUT2D eigenvalue weighted by Crippen LogP contribution is 2.17. The fourth-order valence-corrected chi connectivity index (χ4v) is 3.04. The van der Waals surface area contributed by atoms with Crippen LogP contribution >= 0.6 is 0 Å². The fraction of sp³-hybridized carbons (Fsp3) is 0.750. The van der Waals surface area contributed by atoms with E-state index in [1.165, 1.54) is 12.0 Å². The zero-order chi connectivity index (χ0) is 15.4. The quantitative estimate of drug-likeness (QED) is 0.827. The van der Waals surface area contributed by atoms with Crippen molar-refractivity contribution in [2.45, 2.75) is 45.8 Å². The second kappa shape index (κ2) is 7.18. The van der Waals surface area contributed by atoms with Gasteiger partial charge in [-0.3, -0.25) is 9.80 Å². The van der Waals surface area contributed by atoms with Crippen LogP contribution in [0.4, 0.5) is 5.95 Å². The number of piperazine rings is 1. The minimum atomic E-state index is 0.639. The molecule has 2 rings (SSSR count). The van der Waals surface area contributed by atoms with Crippen LogP contribution in [-0.2, 0) is 6.54 Å². The number of nitrogens with zero attached hydrogens (tertiary/aromatic N) is 5. The summed E-state index contributed by atoms with van der Waals surface area (Å²) in [5.41, 5.74) is 1.20. The van der Waals surface area contributed by atoms with Crippen LogP contribution in [-0.4, -0.2) is 65.6 Å². The van der Waals surface area contributed by atoms with Gasteiger partial charge in [0, 0.05) is 70.3 Å². The van der Waals surface area contributed by atoms with E-state index in [4.69, 9.17) is 0 Å². The molecule has 2 heterocycles. The van der Waals surface area contributed by atoms with Crippen molar-refractivity contribution in [3.05, 3.63) is 18.0 Å². The maximum absolute atomic E-state index is 4.40. The summed E-state index contributed by atoms with van der Waals surface area (Å²) >= 11 is 0. The number of hydrogen-bond acceptors (Lipinski definition) is 5. The van der Waals surface area contributed by atoms with Gasteiger partial charge in [-0.15, -0.1) is 0 Å². The predicted molar refractivity (Wildman–Crippen MR) is 87.6 cm³/mol. The van der Waals surface area contributed by atoms with E-state index >= 15 is 0 Å². The smallest absolute Gasteiger partial charge is 0.224 e. The fourth-order valence-electron chi connectivity index (χ4n) is 3.04. The Bertz CT molecular complexity index is 429. The molecule has 1 atom stereocenters. The summed E-state index contributed by atoms with van der Waals surface area (Å²) in [6, 6.07) is 1.31. The lowest BCUT2D eigenvalue weighted by atomic mass is 10.1. The molecule has 0 N–H and O–H groups in total. The van der Waals surface area contributed by atoms with Crippen molar-refractivity contribution in [1.29, 1.82) is 0 Å². The zero-order valence-electron chi connectivity index (χ0n) is 14.1. The molecule has 0 bridgehead atoms. The molecule has 0 aromatic carbocycles. The third-order valence-corrected chi connectivity index (χ3v) is 4.24. The molecule has 118 valence electrons. The Balaban J connectivity index is 1.94. The van der Waals surface area contributed by atoms with Crippen LogP contribution < -0.4 is 4.90 Å². The Morgan fingerprint density at radius 2 is 1.90 bits per heavy atom. The van der Waals surface area contributed by atoms with E-state index in [-0.39, 0.29) is 0 Å². The van der Waals surface area contributed by atoms with E-state index in [1.54, 1.807) is 0 Å². The third-order valence-electron chi connectivity index (χ3n) is 4.24. The molecule has 0 spiro atoms. The zero-order valence-corrected chi connectivity index (χ0v) is 14.1. The van der Waals surface area contributed by atoms with E-state index in [0.29, 0.717) is 12.1 Å². The summed E-state index contributed by atoms with van der Waals surface area (Å²) in [4.78, 5) is 15.9. The van der Waals surface area contributed by atoms with Crippen LogP contribution in [0.5, 0.6) is 0 Å². The SMILES string of the molecule is CCC1CN(Cc2cnc(N(C)C)nc2)CCN1C(C)C. The van der Waals surface area contributed by atoms with Crippen LogP contribution in [0.3, 0.4) is 0 Å². The molecule has 1 aliphatic rings. The molecule has 5 heteroatoms. The average Bonchev–Trinajstić information content (AvgIpc) is 2.47. The number of hydrogen-bond donors (Lipinski definition) is 0. The molecule has 1 unspecified atom stereocenters. The molecule has 0 saturated carbocycles. The summed E-state index contributed by atoms with van der Waals surface area (Å²) in [6.07, 6.45) is 5.13. The lowest BCUT2D eigenvalue weighted by Crippen LogP contribution is -2.54. The Labute approximate surface area is 129 Å². The Hall–Kier alpha value is -1.20. The lowest BCUT2D eigenvalue weighted by Gasteiger charge is -2.43. The first-order valence-electron chi connectivity index (χ1n) is 7.97. The maximum atomic E-state index is 4.40. The van der Waals surface area contributed by atoms with Gasteiger partial charge >= 0.3 is 0 Å². The highest BCUT2D eigenvalue weighted by Gasteiger charge is 2.27. The summed E-state index contributed by atoms with van der Waals surface area (Å²) in [5.74, 6) is 0.773. The largest absolute Gasteiger partial charge is 0.347 e. The third kappa shape index (κ3) is 4.14. The Kier molecular flexibility index (Phi) is 5.53. The van der Waals surface area contributed by atoms with Crippen molar-refractivity contribution in [2.75, 3.05) is 38.6 Å². The van der Waals surface area contributed by atoms with E-state index < -0.39 is 0 Å². The highest BCUT2D eigenvalue weighted by molar-refractivity contribution is 5.26. The van der Waals surface area contributed by atoms with Crippen LogP contribution in [0.2, 0.25) is 0 Å². The summed E-state index contributed by atoms with van der Waals surface area (Å²) in [5, 5.41) is 0. The second-order valence-electron chi connectivity index (χ2n) is 6.41. The first-order valence-corrected chi connectivity index (χ1v) is 7.97. The molecule has 1 aromatic rings. The van der Waals surface area contributed by atoms with Gasteiger partial charge in [0.05, 0.1) is 0 Å². The topological polar surface area (TPSA) is 35.5 Å². The van der Waals surface area contributed by atoms with Crippen molar-refractivity contribution in [2.24, 2.45) is 0 Å². The first-order chi connectivity index (χ1) is 10.0. The van der Waals surface area contributed by atoms with Crippen LogP contribution in [0.1, 0.15) is 32.8 Å². The summed E-state index contributed by atoms with van der Waals surface area (Å²) in [7, 11) is 3.93. The Morgan fingerprint density at radius 3 is 2.43 bits per heavy atom. The summed E-state index contributed by atoms with van der Waals surface area (Å²) < 4.78 is 0. The van der Waals surface area contributed by atoms with Crippen LogP contribution in [0, 0.1) is 0 Å². The molecule has 0 aliphatic carbocycles. The highest BCUT2D eigenvalue weighted by atomic mass is 15.3. The monoisotopic (exact) mass is 291 g/mol. The molecule has 1 aliphatic heterocycles. The normalized spacial score (nSPS) is 21.0. The van der Waals surface area contributed by atoms with Gasteiger partial charge in [0.2, 0.25) is 5.95 Å². The predicted octanol–water partition coefficient (Wildman–Crippen LogP) is 1.85. The molecule has 21 heavy (non-hydrogen) atoms. The van der Waals surface area contributed by atoms with Crippen LogP contribution in [0.25, 0.3) is 0 Å². The number of rotatable bonds is 5. The van der Waals surface area contributed by atoms with Gasteiger partial charge in [0.1, 0.15) is 0 Å². The molecule has 1 fully saturated rings. The van der Waals surface area contributed by atoms with Gasteiger partial charge in [0.15, 0.2) is 0 Å². The van der Waals surface area contributed by atoms with Gasteiger partial charge in [-0.25, -0.2) is 9.97 Å². The van der Waals surface area contributed by atoms with E-state index in [0.717, 1.165) is 32.1 Å². The minimum Gasteiger partial charge on any atom is -0.347 e. The van der Waals surface area contributed by atoms with E-state index in [1.807, 2.05) is 31.4 Å². The lowest BCUT2D eigenvalue weighted by molar-refractivity contribution is 0.0456. The molecule has 1 saturated heterocycles.